The van der Waals surface area contributed by atoms with Crippen molar-refractivity contribution in [2.45, 2.75) is 0 Å². The number of nitrogens with zero attached hydrogens (tertiary/aromatic N) is 1. The zero-order valence-electron chi connectivity index (χ0n) is 7.26. The molecule has 0 atom stereocenters. The lowest BCUT2D eigenvalue weighted by Gasteiger charge is -1.95. The first-order valence-corrected chi connectivity index (χ1v) is 3.79. The van der Waals surface area contributed by atoms with E-state index in [9.17, 15) is 4.39 Å². The molecule has 0 aliphatic heterocycles. The van der Waals surface area contributed by atoms with Crippen molar-refractivity contribution in [2.75, 3.05) is 19.3 Å². The largest absolute Gasteiger partial charge is 0.396 e. The molecule has 4 heteroatoms. The first kappa shape index (κ1) is 9.49. The molecule has 3 N–H and O–H groups in total. The van der Waals surface area contributed by atoms with E-state index in [-0.39, 0.29) is 5.69 Å². The number of hydrogen-bond acceptors (Lipinski definition) is 3. The highest BCUT2D eigenvalue weighted by Gasteiger charge is 1.98. The van der Waals surface area contributed by atoms with E-state index in [4.69, 9.17) is 5.73 Å². The molecule has 1 rings (SSSR count). The number of hydrogen-bond donors (Lipinski definition) is 2. The van der Waals surface area contributed by atoms with Crippen molar-refractivity contribution in [3.05, 3.63) is 23.8 Å². The minimum absolute atomic E-state index is 0.287. The summed E-state index contributed by atoms with van der Waals surface area (Å²) in [6, 6.07) is 2.66. The summed E-state index contributed by atoms with van der Waals surface area (Å²) in [5, 5.41) is 2.84. The maximum atomic E-state index is 12.6. The Balaban J connectivity index is 2.89. The highest BCUT2D eigenvalue weighted by molar-refractivity contribution is 5.51. The van der Waals surface area contributed by atoms with Gasteiger partial charge in [0.2, 0.25) is 5.95 Å². The van der Waals surface area contributed by atoms with Gasteiger partial charge in [-0.1, -0.05) is 5.92 Å². The monoisotopic (exact) mass is 179 g/mol. The van der Waals surface area contributed by atoms with Gasteiger partial charge >= 0.3 is 0 Å². The first-order chi connectivity index (χ1) is 6.24. The van der Waals surface area contributed by atoms with Crippen molar-refractivity contribution < 1.29 is 4.39 Å². The normalized spacial score (nSPS) is 9.08. The van der Waals surface area contributed by atoms with Crippen LogP contribution in [0.1, 0.15) is 5.69 Å². The zero-order chi connectivity index (χ0) is 9.68. The Labute approximate surface area is 76.2 Å². The minimum atomic E-state index is -0.567. The number of nitrogens with two attached hydrogens (primary N) is 1. The molecular formula is C9H10FN3. The molecule has 0 bridgehead atoms. The second kappa shape index (κ2) is 4.43. The van der Waals surface area contributed by atoms with E-state index in [1.165, 1.54) is 12.1 Å². The molecule has 0 amide bonds. The smallest absolute Gasteiger partial charge is 0.214 e. The summed E-state index contributed by atoms with van der Waals surface area (Å²) in [6.07, 6.45) is 0. The van der Waals surface area contributed by atoms with Gasteiger partial charge in [0.25, 0.3) is 0 Å². The number of rotatable bonds is 1. The second-order valence-electron chi connectivity index (χ2n) is 2.40. The molecule has 0 aliphatic rings. The van der Waals surface area contributed by atoms with Crippen LogP contribution in [0.25, 0.3) is 0 Å². The van der Waals surface area contributed by atoms with Crippen LogP contribution in [0.15, 0.2) is 12.1 Å². The van der Waals surface area contributed by atoms with Crippen molar-refractivity contribution in [1.29, 1.82) is 0 Å². The van der Waals surface area contributed by atoms with Gasteiger partial charge in [-0.3, -0.25) is 0 Å². The van der Waals surface area contributed by atoms with Gasteiger partial charge in [-0.05, 0) is 25.1 Å². The number of nitrogen functional groups attached to an aromatic ring is 1. The summed E-state index contributed by atoms with van der Waals surface area (Å²) in [4.78, 5) is 3.55. The molecule has 68 valence electrons. The van der Waals surface area contributed by atoms with Crippen LogP contribution in [0.5, 0.6) is 0 Å². The van der Waals surface area contributed by atoms with E-state index in [1.807, 2.05) is 0 Å². The van der Waals surface area contributed by atoms with Gasteiger partial charge in [0.05, 0.1) is 12.2 Å². The standard InChI is InChI=1S/C9H10FN3/c1-12-6-2-3-8-7(11)4-5-9(10)13-8/h4-5,12H,6,11H2,1H3. The number of pyridine rings is 1. The molecule has 0 saturated heterocycles. The van der Waals surface area contributed by atoms with Gasteiger partial charge < -0.3 is 11.1 Å². The fourth-order valence-corrected chi connectivity index (χ4v) is 0.763. The molecule has 0 spiro atoms. The van der Waals surface area contributed by atoms with Crippen LogP contribution in [0.3, 0.4) is 0 Å². The number of aromatic nitrogens is 1. The van der Waals surface area contributed by atoms with Crippen LogP contribution >= 0.6 is 0 Å². The van der Waals surface area contributed by atoms with Crippen LogP contribution < -0.4 is 11.1 Å². The molecule has 1 heterocycles. The van der Waals surface area contributed by atoms with E-state index >= 15 is 0 Å². The van der Waals surface area contributed by atoms with Crippen molar-refractivity contribution in [2.24, 2.45) is 0 Å². The molecule has 0 aromatic carbocycles. The van der Waals surface area contributed by atoms with Crippen LogP contribution in [-0.4, -0.2) is 18.6 Å². The fraction of sp³-hybridized carbons (Fsp3) is 0.222. The molecule has 3 nitrogen and oxygen atoms in total. The third kappa shape index (κ3) is 2.73. The van der Waals surface area contributed by atoms with E-state index in [0.717, 1.165) is 0 Å². The fourth-order valence-electron chi connectivity index (χ4n) is 0.763. The Morgan fingerprint density at radius 3 is 3.08 bits per heavy atom. The van der Waals surface area contributed by atoms with Crippen LogP contribution in [0, 0.1) is 17.8 Å². The second-order valence-corrected chi connectivity index (χ2v) is 2.40. The average molecular weight is 179 g/mol. The summed E-state index contributed by atoms with van der Waals surface area (Å²) in [5.41, 5.74) is 6.20. The van der Waals surface area contributed by atoms with E-state index in [1.54, 1.807) is 7.05 Å². The molecule has 13 heavy (non-hydrogen) atoms. The predicted molar refractivity (Wildman–Crippen MR) is 49.4 cm³/mol. The van der Waals surface area contributed by atoms with Crippen molar-refractivity contribution in [3.63, 3.8) is 0 Å². The summed E-state index contributed by atoms with van der Waals surface area (Å²) < 4.78 is 12.6. The third-order valence-electron chi connectivity index (χ3n) is 1.36. The zero-order valence-corrected chi connectivity index (χ0v) is 7.26. The summed E-state index contributed by atoms with van der Waals surface area (Å²) in [7, 11) is 1.77. The Hall–Kier alpha value is -1.60. The van der Waals surface area contributed by atoms with Gasteiger partial charge in [0, 0.05) is 0 Å². The third-order valence-corrected chi connectivity index (χ3v) is 1.36. The molecule has 0 unspecified atom stereocenters. The highest BCUT2D eigenvalue weighted by Crippen LogP contribution is 2.06. The maximum absolute atomic E-state index is 12.6. The summed E-state index contributed by atoms with van der Waals surface area (Å²) >= 11 is 0. The van der Waals surface area contributed by atoms with Crippen LogP contribution in [0.2, 0.25) is 0 Å². The Bertz CT molecular complexity index is 352. The van der Waals surface area contributed by atoms with Crippen molar-refractivity contribution in [1.82, 2.24) is 10.3 Å². The molecule has 0 aliphatic carbocycles. The molecular weight excluding hydrogens is 169 g/mol. The SMILES string of the molecule is CNCC#Cc1nc(F)ccc1N. The lowest BCUT2D eigenvalue weighted by Crippen LogP contribution is -2.04. The summed E-state index contributed by atoms with van der Waals surface area (Å²) in [6.45, 7) is 0.525. The van der Waals surface area contributed by atoms with Crippen molar-refractivity contribution >= 4 is 5.69 Å². The highest BCUT2D eigenvalue weighted by atomic mass is 19.1. The van der Waals surface area contributed by atoms with Gasteiger partial charge in [0.15, 0.2) is 0 Å². The van der Waals surface area contributed by atoms with E-state index in [2.05, 4.69) is 22.1 Å². The van der Waals surface area contributed by atoms with Crippen molar-refractivity contribution in [3.8, 4) is 11.8 Å². The number of nitrogens with one attached hydrogen (secondary N) is 1. The number of halogens is 1. The van der Waals surface area contributed by atoms with Gasteiger partial charge in [-0.15, -0.1) is 0 Å². The molecule has 0 radical (unpaired) electrons. The molecule has 0 fully saturated rings. The predicted octanol–water partition coefficient (Wildman–Crippen LogP) is 0.374. The average Bonchev–Trinajstić information content (AvgIpc) is 2.11. The van der Waals surface area contributed by atoms with E-state index in [0.29, 0.717) is 12.2 Å². The molecule has 1 aromatic rings. The lowest BCUT2D eigenvalue weighted by atomic mass is 10.3. The van der Waals surface area contributed by atoms with E-state index < -0.39 is 5.95 Å². The topological polar surface area (TPSA) is 50.9 Å². The Morgan fingerprint density at radius 2 is 2.38 bits per heavy atom. The van der Waals surface area contributed by atoms with Crippen LogP contribution in [0.4, 0.5) is 10.1 Å². The Kier molecular flexibility index (Phi) is 3.23. The molecule has 1 aromatic heterocycles. The summed E-state index contributed by atoms with van der Waals surface area (Å²) in [5.74, 6) is 4.85. The van der Waals surface area contributed by atoms with Gasteiger partial charge in [0.1, 0.15) is 5.69 Å². The first-order valence-electron chi connectivity index (χ1n) is 3.79. The molecule has 0 saturated carbocycles. The van der Waals surface area contributed by atoms with Gasteiger partial charge in [-0.25, -0.2) is 4.98 Å². The lowest BCUT2D eigenvalue weighted by molar-refractivity contribution is 0.583. The maximum Gasteiger partial charge on any atom is 0.214 e. The Morgan fingerprint density at radius 1 is 1.62 bits per heavy atom. The number of anilines is 1. The van der Waals surface area contributed by atoms with Crippen LogP contribution in [-0.2, 0) is 0 Å². The van der Waals surface area contributed by atoms with Gasteiger partial charge in [-0.2, -0.15) is 4.39 Å². The minimum Gasteiger partial charge on any atom is -0.396 e. The quantitative estimate of drug-likeness (QED) is 0.484.